The fourth-order valence-corrected chi connectivity index (χ4v) is 5.83. The first-order valence-corrected chi connectivity index (χ1v) is 11.1. The zero-order chi connectivity index (χ0) is 22.7. The number of rotatable bonds is 4. The number of ether oxygens (including phenoxy) is 2. The van der Waals surface area contributed by atoms with E-state index in [9.17, 15) is 14.7 Å². The lowest BCUT2D eigenvalue weighted by atomic mass is 9.63. The van der Waals surface area contributed by atoms with E-state index < -0.39 is 11.2 Å². The molecule has 1 aromatic rings. The van der Waals surface area contributed by atoms with Crippen LogP contribution in [-0.2, 0) is 10.2 Å². The van der Waals surface area contributed by atoms with Crippen molar-refractivity contribution >= 4 is 11.6 Å². The van der Waals surface area contributed by atoms with Gasteiger partial charge in [0, 0.05) is 22.6 Å². The van der Waals surface area contributed by atoms with Crippen molar-refractivity contribution in [3.8, 4) is 11.5 Å². The highest BCUT2D eigenvalue weighted by molar-refractivity contribution is 6.25. The summed E-state index contributed by atoms with van der Waals surface area (Å²) < 4.78 is 11.2. The number of ketones is 2. The van der Waals surface area contributed by atoms with Gasteiger partial charge in [-0.15, -0.1) is 0 Å². The summed E-state index contributed by atoms with van der Waals surface area (Å²) in [5, 5.41) is 11.0. The van der Waals surface area contributed by atoms with Crippen molar-refractivity contribution < 1.29 is 24.2 Å². The molecule has 2 unspecified atom stereocenters. The number of Topliss-reactive ketones (excluding diaryl/α,β-unsaturated/α-hetero) is 1. The van der Waals surface area contributed by atoms with Crippen molar-refractivity contribution in [2.24, 2.45) is 11.3 Å². The maximum atomic E-state index is 12.8. The Morgan fingerprint density at radius 3 is 2.65 bits per heavy atom. The Bertz CT molecular complexity index is 1020. The van der Waals surface area contributed by atoms with Gasteiger partial charge in [-0.25, -0.2) is 0 Å². The number of carbonyl (C=O) groups excluding carboxylic acids is 2. The maximum absolute atomic E-state index is 12.8. The molecule has 0 saturated heterocycles. The van der Waals surface area contributed by atoms with Gasteiger partial charge < -0.3 is 14.6 Å². The second kappa shape index (κ2) is 7.25. The van der Waals surface area contributed by atoms with E-state index in [1.807, 2.05) is 6.92 Å². The summed E-state index contributed by atoms with van der Waals surface area (Å²) >= 11 is 0. The largest absolute Gasteiger partial charge is 0.507 e. The second-order valence-electron chi connectivity index (χ2n) is 10.2. The van der Waals surface area contributed by atoms with Crippen LogP contribution in [0.15, 0.2) is 30.1 Å². The molecule has 0 aromatic heterocycles. The zero-order valence-corrected chi connectivity index (χ0v) is 19.1. The fourth-order valence-electron chi connectivity index (χ4n) is 5.83. The maximum Gasteiger partial charge on any atom is 0.228 e. The lowest BCUT2D eigenvalue weighted by Crippen LogP contribution is -2.36. The first-order chi connectivity index (χ1) is 14.5. The number of hydrogen-bond acceptors (Lipinski definition) is 5. The van der Waals surface area contributed by atoms with E-state index in [1.54, 1.807) is 0 Å². The molecule has 0 radical (unpaired) electrons. The SMILES string of the molecule is C=C1CCCC(C)(C)C1CCC1(C)c2c(O)cc3c(c2O[C@@H]1C)C(=O)C=C(OC)C3=O. The first-order valence-electron chi connectivity index (χ1n) is 11.1. The molecule has 3 atom stereocenters. The number of carbonyl (C=O) groups is 2. The van der Waals surface area contributed by atoms with Gasteiger partial charge in [0.1, 0.15) is 17.6 Å². The van der Waals surface area contributed by atoms with Crippen molar-refractivity contribution in [3.63, 3.8) is 0 Å². The molecule has 1 N–H and O–H groups in total. The number of methoxy groups -OCH3 is 1. The van der Waals surface area contributed by atoms with Gasteiger partial charge >= 0.3 is 0 Å². The fraction of sp³-hybridized carbons (Fsp3) is 0.538. The van der Waals surface area contributed by atoms with Crippen LogP contribution in [0.4, 0.5) is 0 Å². The number of benzene rings is 1. The van der Waals surface area contributed by atoms with E-state index in [4.69, 9.17) is 9.47 Å². The summed E-state index contributed by atoms with van der Waals surface area (Å²) in [6.07, 6.45) is 6.13. The highest BCUT2D eigenvalue weighted by atomic mass is 16.5. The summed E-state index contributed by atoms with van der Waals surface area (Å²) in [5.74, 6) is -0.0215. The summed E-state index contributed by atoms with van der Waals surface area (Å²) in [4.78, 5) is 25.5. The highest BCUT2D eigenvalue weighted by Crippen LogP contribution is 2.55. The van der Waals surface area contributed by atoms with E-state index in [1.165, 1.54) is 37.7 Å². The molecule has 2 aliphatic carbocycles. The number of aromatic hydroxyl groups is 1. The number of allylic oxidation sites excluding steroid dienone is 3. The Morgan fingerprint density at radius 2 is 2.00 bits per heavy atom. The molecule has 31 heavy (non-hydrogen) atoms. The molecular weight excluding hydrogens is 392 g/mol. The molecule has 1 aliphatic heterocycles. The van der Waals surface area contributed by atoms with Gasteiger partial charge in [-0.3, -0.25) is 9.59 Å². The van der Waals surface area contributed by atoms with E-state index in [-0.39, 0.29) is 39.9 Å². The number of phenols is 1. The van der Waals surface area contributed by atoms with Crippen LogP contribution in [0.3, 0.4) is 0 Å². The van der Waals surface area contributed by atoms with Crippen LogP contribution >= 0.6 is 0 Å². The third-order valence-corrected chi connectivity index (χ3v) is 7.93. The molecule has 5 heteroatoms. The molecule has 0 spiro atoms. The van der Waals surface area contributed by atoms with Gasteiger partial charge in [-0.2, -0.15) is 0 Å². The van der Waals surface area contributed by atoms with Crippen LogP contribution in [0.1, 0.15) is 86.1 Å². The molecule has 1 fully saturated rings. The lowest BCUT2D eigenvalue weighted by Gasteiger charge is -2.42. The zero-order valence-electron chi connectivity index (χ0n) is 19.1. The predicted molar refractivity (Wildman–Crippen MR) is 119 cm³/mol. The summed E-state index contributed by atoms with van der Waals surface area (Å²) in [7, 11) is 1.35. The Labute approximate surface area is 184 Å². The normalized spacial score (nSPS) is 29.2. The third-order valence-electron chi connectivity index (χ3n) is 7.93. The highest BCUT2D eigenvalue weighted by Gasteiger charge is 2.49. The average molecular weight is 425 g/mol. The van der Waals surface area contributed by atoms with E-state index in [0.29, 0.717) is 17.2 Å². The molecule has 4 rings (SSSR count). The minimum atomic E-state index is -0.475. The molecule has 1 saturated carbocycles. The van der Waals surface area contributed by atoms with Crippen molar-refractivity contribution in [3.05, 3.63) is 46.7 Å². The van der Waals surface area contributed by atoms with Crippen molar-refractivity contribution in [2.45, 2.75) is 71.3 Å². The van der Waals surface area contributed by atoms with Gasteiger partial charge in [-0.1, -0.05) is 32.9 Å². The van der Waals surface area contributed by atoms with Gasteiger partial charge in [0.15, 0.2) is 11.5 Å². The average Bonchev–Trinajstić information content (AvgIpc) is 2.95. The van der Waals surface area contributed by atoms with Gasteiger partial charge in [-0.05, 0) is 56.4 Å². The summed E-state index contributed by atoms with van der Waals surface area (Å²) in [6.45, 7) is 13.0. The monoisotopic (exact) mass is 424 g/mol. The van der Waals surface area contributed by atoms with Gasteiger partial charge in [0.25, 0.3) is 0 Å². The van der Waals surface area contributed by atoms with Crippen LogP contribution in [0.2, 0.25) is 0 Å². The molecule has 0 bridgehead atoms. The van der Waals surface area contributed by atoms with E-state index >= 15 is 0 Å². The van der Waals surface area contributed by atoms with Gasteiger partial charge in [0.2, 0.25) is 5.78 Å². The van der Waals surface area contributed by atoms with Crippen molar-refractivity contribution in [1.82, 2.24) is 0 Å². The Hall–Kier alpha value is -2.56. The molecule has 3 aliphatic rings. The third kappa shape index (κ3) is 3.20. The number of hydrogen-bond donors (Lipinski definition) is 1. The molecule has 0 amide bonds. The predicted octanol–water partition coefficient (Wildman–Crippen LogP) is 5.50. The molecule has 5 nitrogen and oxygen atoms in total. The smallest absolute Gasteiger partial charge is 0.228 e. The minimum Gasteiger partial charge on any atom is -0.507 e. The Morgan fingerprint density at radius 1 is 1.29 bits per heavy atom. The Balaban J connectivity index is 1.73. The standard InChI is InChI=1S/C26H32O5/c1-14-8-7-10-25(3,4)17(14)9-11-26(5)15(2)31-24-21-16(12-19(28)22(24)26)23(29)20(30-6)13-18(21)27/h12-13,15,17,28H,1,7-11H2,2-6H3/t15-,17?,26?/m1/s1. The second-order valence-corrected chi connectivity index (χ2v) is 10.2. The Kier molecular flexibility index (Phi) is 5.07. The van der Waals surface area contributed by atoms with Crippen LogP contribution in [-0.4, -0.2) is 29.9 Å². The molecule has 166 valence electrons. The summed E-state index contributed by atoms with van der Waals surface area (Å²) in [6, 6.07) is 1.41. The van der Waals surface area contributed by atoms with Crippen molar-refractivity contribution in [1.29, 1.82) is 0 Å². The van der Waals surface area contributed by atoms with E-state index in [2.05, 4.69) is 27.4 Å². The minimum absolute atomic E-state index is 0.000772. The van der Waals surface area contributed by atoms with E-state index in [0.717, 1.165) is 19.3 Å². The number of fused-ring (bicyclic) bond motifs is 3. The van der Waals surface area contributed by atoms with Crippen LogP contribution in [0, 0.1) is 11.3 Å². The van der Waals surface area contributed by atoms with Crippen LogP contribution in [0.5, 0.6) is 11.5 Å². The summed E-state index contributed by atoms with van der Waals surface area (Å²) in [5.41, 5.74) is 2.03. The first kappa shape index (κ1) is 21.7. The van der Waals surface area contributed by atoms with Gasteiger partial charge in [0.05, 0.1) is 12.7 Å². The quantitative estimate of drug-likeness (QED) is 0.646. The van der Waals surface area contributed by atoms with Crippen LogP contribution in [0.25, 0.3) is 0 Å². The lowest BCUT2D eigenvalue weighted by molar-refractivity contribution is 0.0912. The van der Waals surface area contributed by atoms with Crippen molar-refractivity contribution in [2.75, 3.05) is 7.11 Å². The van der Waals surface area contributed by atoms with Crippen LogP contribution < -0.4 is 4.74 Å². The topological polar surface area (TPSA) is 72.8 Å². The molecular formula is C26H32O5. The number of phenolic OH excluding ortho intramolecular Hbond substituents is 1. The molecule has 1 heterocycles. The molecule has 1 aromatic carbocycles.